The third-order valence-corrected chi connectivity index (χ3v) is 12.4. The number of furan rings is 1. The van der Waals surface area contributed by atoms with Crippen molar-refractivity contribution >= 4 is 289 Å². The Labute approximate surface area is 408 Å². The van der Waals surface area contributed by atoms with E-state index in [1.165, 1.54) is 4.90 Å². The van der Waals surface area contributed by atoms with Gasteiger partial charge in [0.25, 0.3) is 0 Å². The van der Waals surface area contributed by atoms with Crippen molar-refractivity contribution in [1.29, 1.82) is 0 Å². The number of anilines is 3. The van der Waals surface area contributed by atoms with Crippen LogP contribution in [0.25, 0.3) is 66.1 Å². The highest BCUT2D eigenvalue weighted by molar-refractivity contribution is 6.73. The van der Waals surface area contributed by atoms with Gasteiger partial charge in [0.15, 0.2) is 0 Å². The first-order valence-electron chi connectivity index (χ1n) is 20.1. The Bertz CT molecular complexity index is 3330. The minimum absolute atomic E-state index is 0.0230. The zero-order valence-electron chi connectivity index (χ0n) is 35.3. The van der Waals surface area contributed by atoms with Crippen molar-refractivity contribution in [2.45, 2.75) is 0 Å². The molecule has 0 saturated heterocycles. The Morgan fingerprint density at radius 1 is 0.318 bits per heavy atom. The minimum Gasteiger partial charge on any atom is -0.455 e. The number of hydrogen-bond acceptors (Lipinski definition) is 2. The molecule has 1 aromatic heterocycles. The third-order valence-electron chi connectivity index (χ3n) is 12.4. The van der Waals surface area contributed by atoms with E-state index in [4.69, 9.17) is 146 Å². The van der Waals surface area contributed by atoms with Crippen LogP contribution in [0.4, 0.5) is 17.1 Å². The summed E-state index contributed by atoms with van der Waals surface area (Å²) in [6, 6.07) is 25.4. The molecule has 2 nitrogen and oxygen atoms in total. The lowest BCUT2D eigenvalue weighted by Crippen LogP contribution is -2.57. The fourth-order valence-electron chi connectivity index (χ4n) is 8.84. The van der Waals surface area contributed by atoms with Gasteiger partial charge in [0.05, 0.1) is 0 Å². The molecular formula is C46H13B18NO. The summed E-state index contributed by atoms with van der Waals surface area (Å²) in [6.45, 7) is 0. The van der Waals surface area contributed by atoms with Crippen molar-refractivity contribution in [2.75, 3.05) is 4.90 Å². The Morgan fingerprint density at radius 3 is 1.15 bits per heavy atom. The lowest BCUT2D eigenvalue weighted by molar-refractivity contribution is 0.673. The van der Waals surface area contributed by atoms with Crippen LogP contribution < -0.4 is 103 Å². The maximum atomic E-state index is 7.02. The average molecular weight is 790 g/mol. The number of fused-ring (bicyclic) bond motifs is 5. The quantitative estimate of drug-likeness (QED) is 0.156. The fraction of sp³-hybridized carbons (Fsp3) is 0. The van der Waals surface area contributed by atoms with E-state index in [1.807, 2.05) is 54.6 Å². The summed E-state index contributed by atoms with van der Waals surface area (Å²) in [6.07, 6.45) is 0. The van der Waals surface area contributed by atoms with Crippen LogP contribution in [0.1, 0.15) is 0 Å². The number of nitrogens with zero attached hydrogens (tertiary/aromatic N) is 1. The van der Waals surface area contributed by atoms with E-state index in [0.29, 0.717) is 11.3 Å². The van der Waals surface area contributed by atoms with Crippen LogP contribution in [0.5, 0.6) is 0 Å². The van der Waals surface area contributed by atoms with Crippen LogP contribution in [-0.4, -0.2) is 141 Å². The number of benzene rings is 8. The lowest BCUT2D eigenvalue weighted by atomic mass is 9.56. The van der Waals surface area contributed by atoms with E-state index < -0.39 is 0 Å². The van der Waals surface area contributed by atoms with Crippen molar-refractivity contribution in [2.24, 2.45) is 0 Å². The summed E-state index contributed by atoms with van der Waals surface area (Å²) in [5.74, 6) is 0. The predicted octanol–water partition coefficient (Wildman–Crippen LogP) is -8.50. The summed E-state index contributed by atoms with van der Waals surface area (Å²) in [4.78, 5) is 1.53. The highest BCUT2D eigenvalue weighted by atomic mass is 16.3. The van der Waals surface area contributed by atoms with Crippen LogP contribution >= 0.6 is 0 Å². The van der Waals surface area contributed by atoms with Gasteiger partial charge in [-0.05, 0) is 63.0 Å². The SMILES string of the molecule is [B]c1c([B])c([B])c(-c2c([B])c([B])c(N(c3ccc(-c4cccc5oc6c7ccccc7ccc6c45)cc3)c3c([B])c([B])c(-c4c([B])c([B])c([B])c([B])c4[B])c([B])c3[B])c([B])c2[B])c([B])c1[B]. The summed E-state index contributed by atoms with van der Waals surface area (Å²) in [5, 5.41) is 3.91. The molecule has 262 valence electrons. The molecule has 0 bridgehead atoms. The molecule has 8 aromatic carbocycles. The molecule has 9 aromatic rings. The Morgan fingerprint density at radius 2 is 0.712 bits per heavy atom. The van der Waals surface area contributed by atoms with E-state index in [0.717, 1.165) is 38.3 Å². The molecule has 0 amide bonds. The Kier molecular flexibility index (Phi) is 11.7. The molecule has 1 heterocycles. The van der Waals surface area contributed by atoms with Crippen molar-refractivity contribution in [3.05, 3.63) is 78.9 Å². The van der Waals surface area contributed by atoms with E-state index in [1.54, 1.807) is 12.1 Å². The summed E-state index contributed by atoms with van der Waals surface area (Å²) in [5.41, 5.74) is 2.41. The van der Waals surface area contributed by atoms with Crippen LogP contribution in [0.2, 0.25) is 0 Å². The third kappa shape index (κ3) is 6.73. The molecule has 0 unspecified atom stereocenters. The first-order valence-corrected chi connectivity index (χ1v) is 20.1. The average Bonchev–Trinajstić information content (AvgIpc) is 3.71. The smallest absolute Gasteiger partial charge is 0.143 e. The molecular weight excluding hydrogens is 777 g/mol. The Balaban J connectivity index is 1.31. The van der Waals surface area contributed by atoms with Gasteiger partial charge in [-0.3, -0.25) is 0 Å². The summed E-state index contributed by atoms with van der Waals surface area (Å²) in [7, 11) is 119. The van der Waals surface area contributed by atoms with Gasteiger partial charge in [-0.2, -0.15) is 0 Å². The van der Waals surface area contributed by atoms with Gasteiger partial charge in [0.1, 0.15) is 152 Å². The van der Waals surface area contributed by atoms with Gasteiger partial charge in [-0.15, -0.1) is 32.8 Å². The van der Waals surface area contributed by atoms with Gasteiger partial charge < -0.3 is 9.32 Å². The first-order chi connectivity index (χ1) is 31.3. The van der Waals surface area contributed by atoms with Crippen LogP contribution in [0, 0.1) is 0 Å². The summed E-state index contributed by atoms with van der Waals surface area (Å²) >= 11 is 0. The Hall–Kier alpha value is -5.21. The minimum atomic E-state index is -0.122. The van der Waals surface area contributed by atoms with Gasteiger partial charge >= 0.3 is 0 Å². The molecule has 0 aliphatic heterocycles. The van der Waals surface area contributed by atoms with Crippen molar-refractivity contribution in [3.8, 4) is 33.4 Å². The molecule has 9 rings (SSSR count). The zero-order valence-corrected chi connectivity index (χ0v) is 35.3. The summed E-state index contributed by atoms with van der Waals surface area (Å²) < 4.78 is 6.47. The number of hydrogen-bond donors (Lipinski definition) is 0. The topological polar surface area (TPSA) is 16.4 Å². The molecule has 36 radical (unpaired) electrons. The highest BCUT2D eigenvalue weighted by Crippen LogP contribution is 2.40. The molecule has 0 aliphatic rings. The molecule has 66 heavy (non-hydrogen) atoms. The molecule has 20 heteroatoms. The van der Waals surface area contributed by atoms with Gasteiger partial charge in [-0.1, -0.05) is 120 Å². The van der Waals surface area contributed by atoms with Crippen LogP contribution in [0.3, 0.4) is 0 Å². The lowest BCUT2D eigenvalue weighted by Gasteiger charge is -2.38. The monoisotopic (exact) mass is 793 g/mol. The van der Waals surface area contributed by atoms with Gasteiger partial charge in [0.2, 0.25) is 0 Å². The molecule has 0 aliphatic carbocycles. The maximum absolute atomic E-state index is 7.02. The molecule has 0 fully saturated rings. The van der Waals surface area contributed by atoms with E-state index >= 15 is 0 Å². The van der Waals surface area contributed by atoms with E-state index in [9.17, 15) is 0 Å². The molecule has 0 spiro atoms. The van der Waals surface area contributed by atoms with Crippen LogP contribution in [0.15, 0.2) is 83.3 Å². The molecule has 0 N–H and O–H groups in total. The second-order valence-electron chi connectivity index (χ2n) is 16.0. The zero-order chi connectivity index (χ0) is 47.5. The highest BCUT2D eigenvalue weighted by Gasteiger charge is 2.28. The van der Waals surface area contributed by atoms with Gasteiger partial charge in [0, 0.05) is 33.2 Å². The van der Waals surface area contributed by atoms with Crippen molar-refractivity contribution in [3.63, 3.8) is 0 Å². The van der Waals surface area contributed by atoms with Crippen molar-refractivity contribution < 1.29 is 4.42 Å². The fourth-order valence-corrected chi connectivity index (χ4v) is 8.84. The number of rotatable bonds is 6. The second-order valence-corrected chi connectivity index (χ2v) is 16.0. The second kappa shape index (κ2) is 16.8. The van der Waals surface area contributed by atoms with E-state index in [-0.39, 0.29) is 132 Å². The van der Waals surface area contributed by atoms with Crippen LogP contribution in [-0.2, 0) is 0 Å². The van der Waals surface area contributed by atoms with Gasteiger partial charge in [-0.25, -0.2) is 0 Å². The predicted molar refractivity (Wildman–Crippen MR) is 299 cm³/mol. The largest absolute Gasteiger partial charge is 0.455 e. The molecule has 0 atom stereocenters. The molecule has 0 saturated carbocycles. The van der Waals surface area contributed by atoms with Crippen molar-refractivity contribution in [1.82, 2.24) is 0 Å². The standard InChI is InChI=1S/C46H13B18NO/c47-26-22(27(48)35(56)38(59)34(26)55)24-30(51)40(61)44(41(62)31(24)52)65(45-42(63)32(53)25(33(54)43(45)64)23-28(49)36(57)39(60)37(58)29(23)50)16-11-8-15(9-12-16)17-6-3-7-20-21(17)19-13-10-14-4-1-2-5-18(14)46(19)66-20/h1-13H. The first kappa shape index (κ1) is 45.9. The maximum Gasteiger partial charge on any atom is 0.143 e. The van der Waals surface area contributed by atoms with E-state index in [2.05, 4.69) is 12.1 Å². The normalized spacial score (nSPS) is 11.5.